The molecule has 0 unspecified atom stereocenters. The van der Waals surface area contributed by atoms with E-state index in [1.807, 2.05) is 11.8 Å². The zero-order valence-corrected chi connectivity index (χ0v) is 12.4. The molecule has 3 nitrogen and oxygen atoms in total. The number of hydrogen-bond donors (Lipinski definition) is 0. The molecule has 0 aliphatic rings. The molecule has 0 N–H and O–H groups in total. The summed E-state index contributed by atoms with van der Waals surface area (Å²) in [5, 5.41) is 0. The van der Waals surface area contributed by atoms with Crippen molar-refractivity contribution < 1.29 is 13.3 Å². The summed E-state index contributed by atoms with van der Waals surface area (Å²) in [7, 11) is 2.69. The van der Waals surface area contributed by atoms with Crippen molar-refractivity contribution in [2.24, 2.45) is 5.92 Å². The Morgan fingerprint density at radius 1 is 1.07 bits per heavy atom. The van der Waals surface area contributed by atoms with Crippen molar-refractivity contribution >= 4 is 20.6 Å². The second-order valence-electron chi connectivity index (χ2n) is 3.87. The van der Waals surface area contributed by atoms with Gasteiger partial charge < -0.3 is 13.3 Å². The second-order valence-corrected chi connectivity index (χ2v) is 8.11. The van der Waals surface area contributed by atoms with Gasteiger partial charge in [-0.3, -0.25) is 0 Å². The van der Waals surface area contributed by atoms with Crippen LogP contribution in [0.5, 0.6) is 0 Å². The summed E-state index contributed by atoms with van der Waals surface area (Å²) in [5.41, 5.74) is 0. The van der Waals surface area contributed by atoms with Crippen LogP contribution in [0.2, 0.25) is 6.04 Å². The summed E-state index contributed by atoms with van der Waals surface area (Å²) in [6.45, 7) is 4.48. The van der Waals surface area contributed by atoms with E-state index < -0.39 is 8.80 Å². The van der Waals surface area contributed by atoms with Crippen LogP contribution in [0.3, 0.4) is 0 Å². The molecule has 0 aromatic carbocycles. The molecule has 0 aromatic heterocycles. The molecule has 0 saturated carbocycles. The quantitative estimate of drug-likeness (QED) is 0.466. The van der Waals surface area contributed by atoms with Crippen molar-refractivity contribution in [1.82, 2.24) is 0 Å². The monoisotopic (exact) mass is 252 g/mol. The van der Waals surface area contributed by atoms with E-state index >= 15 is 0 Å². The predicted molar refractivity (Wildman–Crippen MR) is 68.4 cm³/mol. The van der Waals surface area contributed by atoms with Gasteiger partial charge in [0.2, 0.25) is 0 Å². The molecular formula is C10H24O3SSi. The molecule has 0 aromatic rings. The summed E-state index contributed by atoms with van der Waals surface area (Å²) in [5.74, 6) is 3.15. The molecule has 0 aliphatic carbocycles. The van der Waals surface area contributed by atoms with Crippen LogP contribution in [0.25, 0.3) is 0 Å². The minimum absolute atomic E-state index is 0.768. The van der Waals surface area contributed by atoms with Crippen LogP contribution in [-0.2, 0) is 13.3 Å². The molecule has 0 heterocycles. The first-order valence-corrected chi connectivity index (χ1v) is 8.42. The van der Waals surface area contributed by atoms with Gasteiger partial charge in [-0.05, 0) is 23.8 Å². The molecule has 0 spiro atoms. The Morgan fingerprint density at radius 2 is 1.60 bits per heavy atom. The highest BCUT2D eigenvalue weighted by molar-refractivity contribution is 7.99. The van der Waals surface area contributed by atoms with Crippen molar-refractivity contribution in [3.63, 3.8) is 0 Å². The zero-order chi connectivity index (χ0) is 11.7. The summed E-state index contributed by atoms with van der Waals surface area (Å²) in [6.07, 6.45) is 1.10. The molecule has 5 heteroatoms. The van der Waals surface area contributed by atoms with Crippen molar-refractivity contribution in [2.75, 3.05) is 32.8 Å². The highest BCUT2D eigenvalue weighted by Gasteiger charge is 2.36. The second kappa shape index (κ2) is 8.58. The van der Waals surface area contributed by atoms with E-state index in [0.29, 0.717) is 0 Å². The standard InChI is InChI=1S/C10H24O3SSi/c1-10(2)9-14-7-6-8-15(11-3,12-4)13-5/h10H,6-9H2,1-5H3. The van der Waals surface area contributed by atoms with E-state index in [-0.39, 0.29) is 0 Å². The van der Waals surface area contributed by atoms with Crippen molar-refractivity contribution in [1.29, 1.82) is 0 Å². The maximum atomic E-state index is 5.35. The number of rotatable bonds is 9. The Labute approximate surface area is 99.2 Å². The lowest BCUT2D eigenvalue weighted by Crippen LogP contribution is -2.42. The topological polar surface area (TPSA) is 27.7 Å². The summed E-state index contributed by atoms with van der Waals surface area (Å²) in [4.78, 5) is 0. The zero-order valence-electron chi connectivity index (χ0n) is 10.5. The summed E-state index contributed by atoms with van der Waals surface area (Å²) >= 11 is 1.99. The van der Waals surface area contributed by atoms with Gasteiger partial charge in [0, 0.05) is 27.4 Å². The maximum absolute atomic E-state index is 5.35. The van der Waals surface area contributed by atoms with E-state index in [1.54, 1.807) is 21.3 Å². The molecule has 15 heavy (non-hydrogen) atoms. The minimum Gasteiger partial charge on any atom is -0.377 e. The molecule has 0 amide bonds. The SMILES string of the molecule is CO[Si](CCCSCC(C)C)(OC)OC. The van der Waals surface area contributed by atoms with Gasteiger partial charge in [-0.2, -0.15) is 11.8 Å². The highest BCUT2D eigenvalue weighted by atomic mass is 32.2. The first kappa shape index (κ1) is 15.4. The molecule has 0 saturated heterocycles. The third kappa shape index (κ3) is 6.58. The van der Waals surface area contributed by atoms with Crippen LogP contribution in [-0.4, -0.2) is 41.6 Å². The smallest absolute Gasteiger partial charge is 0.377 e. The highest BCUT2D eigenvalue weighted by Crippen LogP contribution is 2.18. The van der Waals surface area contributed by atoms with Gasteiger partial charge >= 0.3 is 8.80 Å². The Kier molecular flexibility index (Phi) is 8.84. The van der Waals surface area contributed by atoms with Crippen LogP contribution >= 0.6 is 11.8 Å². The first-order chi connectivity index (χ1) is 7.10. The molecule has 0 aliphatic heterocycles. The fraction of sp³-hybridized carbons (Fsp3) is 1.00. The van der Waals surface area contributed by atoms with E-state index in [1.165, 1.54) is 5.75 Å². The Hall–Kier alpha value is 0.447. The molecular weight excluding hydrogens is 228 g/mol. The Balaban J connectivity index is 3.63. The van der Waals surface area contributed by atoms with Gasteiger partial charge in [-0.15, -0.1) is 0 Å². The largest absolute Gasteiger partial charge is 0.500 e. The van der Waals surface area contributed by atoms with Gasteiger partial charge in [0.1, 0.15) is 0 Å². The van der Waals surface area contributed by atoms with Gasteiger partial charge in [0.15, 0.2) is 0 Å². The minimum atomic E-state index is -2.31. The third-order valence-electron chi connectivity index (χ3n) is 2.16. The fourth-order valence-electron chi connectivity index (χ4n) is 1.27. The van der Waals surface area contributed by atoms with Gasteiger partial charge in [0.25, 0.3) is 0 Å². The average Bonchev–Trinajstić information content (AvgIpc) is 2.24. The summed E-state index contributed by atoms with van der Waals surface area (Å²) in [6, 6.07) is 0.904. The molecule has 0 fully saturated rings. The Bertz CT molecular complexity index is 143. The summed E-state index contributed by atoms with van der Waals surface area (Å²) < 4.78 is 16.0. The lowest BCUT2D eigenvalue weighted by atomic mass is 10.3. The van der Waals surface area contributed by atoms with E-state index in [0.717, 1.165) is 24.1 Å². The molecule has 0 atom stereocenters. The van der Waals surface area contributed by atoms with Crippen LogP contribution in [0, 0.1) is 5.92 Å². The lowest BCUT2D eigenvalue weighted by molar-refractivity contribution is 0.123. The van der Waals surface area contributed by atoms with Crippen LogP contribution in [0.4, 0.5) is 0 Å². The van der Waals surface area contributed by atoms with Crippen LogP contribution < -0.4 is 0 Å². The maximum Gasteiger partial charge on any atom is 0.500 e. The Morgan fingerprint density at radius 3 is 2.00 bits per heavy atom. The van der Waals surface area contributed by atoms with Crippen molar-refractivity contribution in [2.45, 2.75) is 26.3 Å². The third-order valence-corrected chi connectivity index (χ3v) is 6.47. The number of hydrogen-bond acceptors (Lipinski definition) is 4. The first-order valence-electron chi connectivity index (χ1n) is 5.33. The predicted octanol–water partition coefficient (Wildman–Crippen LogP) is 2.64. The average molecular weight is 252 g/mol. The van der Waals surface area contributed by atoms with Crippen LogP contribution in [0.1, 0.15) is 20.3 Å². The van der Waals surface area contributed by atoms with Crippen LogP contribution in [0.15, 0.2) is 0 Å². The lowest BCUT2D eigenvalue weighted by Gasteiger charge is -2.24. The van der Waals surface area contributed by atoms with Gasteiger partial charge in [-0.1, -0.05) is 13.8 Å². The van der Waals surface area contributed by atoms with Gasteiger partial charge in [-0.25, -0.2) is 0 Å². The van der Waals surface area contributed by atoms with Crippen molar-refractivity contribution in [3.05, 3.63) is 0 Å². The number of thioether (sulfide) groups is 1. The van der Waals surface area contributed by atoms with Crippen molar-refractivity contribution in [3.8, 4) is 0 Å². The normalized spacial score (nSPS) is 12.4. The van der Waals surface area contributed by atoms with E-state index in [4.69, 9.17) is 13.3 Å². The fourth-order valence-corrected chi connectivity index (χ4v) is 4.23. The van der Waals surface area contributed by atoms with E-state index in [2.05, 4.69) is 13.8 Å². The molecule has 0 rings (SSSR count). The molecule has 0 radical (unpaired) electrons. The van der Waals surface area contributed by atoms with Gasteiger partial charge in [0.05, 0.1) is 0 Å². The molecule has 0 bridgehead atoms. The van der Waals surface area contributed by atoms with E-state index in [9.17, 15) is 0 Å². The molecule has 92 valence electrons.